The van der Waals surface area contributed by atoms with Gasteiger partial charge in [-0.05, 0) is 36.4 Å². The molecule has 2 rings (SSSR count). The highest BCUT2D eigenvalue weighted by atomic mass is 16.4. The molecule has 1 amide bonds. The number of aromatic carboxylic acids is 1. The molecule has 2 aromatic rings. The Kier molecular flexibility index (Phi) is 6.06. The highest BCUT2D eigenvalue weighted by Crippen LogP contribution is 2.16. The number of carboxylic acids is 1. The van der Waals surface area contributed by atoms with Crippen molar-refractivity contribution in [2.75, 3.05) is 10.7 Å². The zero-order valence-corrected chi connectivity index (χ0v) is 14.4. The molecule has 2 aromatic carbocycles. The maximum absolute atomic E-state index is 12.3. The standard InChI is InChI=1S/C19H17N3O5/c1-11(23)13-7-9-14(10-8-13)20-18(25)17(12(2)24)22-21-16-6-4-3-5-15(16)19(26)27/h3-10,21,23H,1H2,2H3,(H,20,25)(H,26,27)/b22-17-. The van der Waals surface area contributed by atoms with Crippen molar-refractivity contribution in [1.29, 1.82) is 0 Å². The summed E-state index contributed by atoms with van der Waals surface area (Å²) in [7, 11) is 0. The third-order valence-corrected chi connectivity index (χ3v) is 3.47. The van der Waals surface area contributed by atoms with Gasteiger partial charge in [0.05, 0.1) is 11.3 Å². The van der Waals surface area contributed by atoms with Crippen LogP contribution >= 0.6 is 0 Å². The van der Waals surface area contributed by atoms with Gasteiger partial charge in [0.2, 0.25) is 0 Å². The molecule has 0 saturated carbocycles. The van der Waals surface area contributed by atoms with E-state index in [1.165, 1.54) is 31.2 Å². The molecule has 0 radical (unpaired) electrons. The maximum atomic E-state index is 12.3. The van der Waals surface area contributed by atoms with E-state index in [1.807, 2.05) is 0 Å². The van der Waals surface area contributed by atoms with Gasteiger partial charge in [-0.2, -0.15) is 5.10 Å². The predicted molar refractivity (Wildman–Crippen MR) is 102 cm³/mol. The van der Waals surface area contributed by atoms with E-state index >= 15 is 0 Å². The van der Waals surface area contributed by atoms with Gasteiger partial charge in [0.25, 0.3) is 5.91 Å². The van der Waals surface area contributed by atoms with Gasteiger partial charge >= 0.3 is 5.97 Å². The topological polar surface area (TPSA) is 128 Å². The van der Waals surface area contributed by atoms with E-state index in [0.29, 0.717) is 11.3 Å². The lowest BCUT2D eigenvalue weighted by molar-refractivity contribution is -0.114. The van der Waals surface area contributed by atoms with Crippen LogP contribution in [0, 0.1) is 0 Å². The van der Waals surface area contributed by atoms with Crippen molar-refractivity contribution in [2.24, 2.45) is 5.10 Å². The lowest BCUT2D eigenvalue weighted by Crippen LogP contribution is -2.29. The van der Waals surface area contributed by atoms with Crippen LogP contribution in [-0.4, -0.2) is 33.6 Å². The van der Waals surface area contributed by atoms with Crippen molar-refractivity contribution in [1.82, 2.24) is 0 Å². The van der Waals surface area contributed by atoms with E-state index in [2.05, 4.69) is 22.4 Å². The maximum Gasteiger partial charge on any atom is 0.337 e. The lowest BCUT2D eigenvalue weighted by atomic mass is 10.1. The Morgan fingerprint density at radius 3 is 2.19 bits per heavy atom. The Hall–Kier alpha value is -3.94. The molecule has 27 heavy (non-hydrogen) atoms. The minimum absolute atomic E-state index is 0.0515. The zero-order valence-electron chi connectivity index (χ0n) is 14.4. The minimum atomic E-state index is -1.17. The van der Waals surface area contributed by atoms with E-state index in [1.54, 1.807) is 24.3 Å². The summed E-state index contributed by atoms with van der Waals surface area (Å²) < 4.78 is 0. The van der Waals surface area contributed by atoms with Crippen LogP contribution in [-0.2, 0) is 9.59 Å². The number of rotatable bonds is 7. The number of ketones is 1. The van der Waals surface area contributed by atoms with Crippen LogP contribution in [0.5, 0.6) is 0 Å². The number of nitrogens with zero attached hydrogens (tertiary/aromatic N) is 1. The van der Waals surface area contributed by atoms with Crippen LogP contribution in [0.4, 0.5) is 11.4 Å². The molecule has 0 fully saturated rings. The Labute approximate surface area is 154 Å². The number of carbonyl (C=O) groups excluding carboxylic acids is 2. The molecule has 0 aliphatic heterocycles. The second-order valence-corrected chi connectivity index (χ2v) is 5.46. The van der Waals surface area contributed by atoms with Crippen molar-refractivity contribution >= 4 is 40.5 Å². The molecule has 0 aromatic heterocycles. The molecule has 138 valence electrons. The molecule has 8 nitrogen and oxygen atoms in total. The first-order valence-corrected chi connectivity index (χ1v) is 7.76. The summed E-state index contributed by atoms with van der Waals surface area (Å²) in [6.45, 7) is 4.56. The fraction of sp³-hybridized carbons (Fsp3) is 0.0526. The number of Topliss-reactive ketones (excluding diaryl/α,β-unsaturated/α-hetero) is 1. The first-order valence-electron chi connectivity index (χ1n) is 7.76. The Bertz CT molecular complexity index is 933. The second kappa shape index (κ2) is 8.43. The Balaban J connectivity index is 2.20. The van der Waals surface area contributed by atoms with Gasteiger partial charge in [-0.25, -0.2) is 4.79 Å². The molecule has 0 saturated heterocycles. The number of benzene rings is 2. The quantitative estimate of drug-likeness (QED) is 0.258. The number of anilines is 2. The molecule has 0 spiro atoms. The number of nitrogens with one attached hydrogen (secondary N) is 2. The number of hydrogen-bond donors (Lipinski definition) is 4. The molecule has 0 unspecified atom stereocenters. The van der Waals surface area contributed by atoms with Crippen LogP contribution in [0.2, 0.25) is 0 Å². The smallest absolute Gasteiger partial charge is 0.337 e. The second-order valence-electron chi connectivity index (χ2n) is 5.46. The predicted octanol–water partition coefficient (Wildman–Crippen LogP) is 2.91. The molecule has 0 heterocycles. The Morgan fingerprint density at radius 1 is 1.00 bits per heavy atom. The van der Waals surface area contributed by atoms with Crippen molar-refractivity contribution in [3.05, 3.63) is 66.2 Å². The van der Waals surface area contributed by atoms with E-state index in [-0.39, 0.29) is 17.0 Å². The van der Waals surface area contributed by atoms with Crippen molar-refractivity contribution < 1.29 is 24.6 Å². The van der Waals surface area contributed by atoms with E-state index < -0.39 is 23.4 Å². The SMILES string of the molecule is C=C(O)c1ccc(NC(=O)/C(=N\Nc2ccccc2C(=O)O)C(C)=O)cc1. The number of hydrogen-bond acceptors (Lipinski definition) is 6. The number of carboxylic acid groups (broad SMARTS) is 1. The summed E-state index contributed by atoms with van der Waals surface area (Å²) in [6, 6.07) is 12.1. The third kappa shape index (κ3) is 5.02. The van der Waals surface area contributed by atoms with Crippen molar-refractivity contribution in [3.8, 4) is 0 Å². The van der Waals surface area contributed by atoms with Gasteiger partial charge < -0.3 is 15.5 Å². The first-order chi connectivity index (χ1) is 12.8. The van der Waals surface area contributed by atoms with Gasteiger partial charge in [0, 0.05) is 18.2 Å². The van der Waals surface area contributed by atoms with Crippen LogP contribution in [0.3, 0.4) is 0 Å². The van der Waals surface area contributed by atoms with Gasteiger partial charge in [-0.1, -0.05) is 18.7 Å². The van der Waals surface area contributed by atoms with Crippen molar-refractivity contribution in [3.63, 3.8) is 0 Å². The number of para-hydroxylation sites is 1. The summed E-state index contributed by atoms with van der Waals surface area (Å²) in [5.74, 6) is -2.65. The first kappa shape index (κ1) is 19.4. The number of aliphatic hydroxyl groups is 1. The highest BCUT2D eigenvalue weighted by molar-refractivity contribution is 6.67. The fourth-order valence-electron chi connectivity index (χ4n) is 2.11. The van der Waals surface area contributed by atoms with Crippen LogP contribution in [0.25, 0.3) is 5.76 Å². The number of amides is 1. The molecule has 4 N–H and O–H groups in total. The van der Waals surface area contributed by atoms with Gasteiger partial charge in [0.15, 0.2) is 11.5 Å². The largest absolute Gasteiger partial charge is 0.508 e. The lowest BCUT2D eigenvalue weighted by Gasteiger charge is -2.09. The minimum Gasteiger partial charge on any atom is -0.508 e. The van der Waals surface area contributed by atoms with Gasteiger partial charge in [-0.15, -0.1) is 0 Å². The number of aliphatic hydroxyl groups excluding tert-OH is 1. The van der Waals surface area contributed by atoms with Crippen molar-refractivity contribution in [2.45, 2.75) is 6.92 Å². The Morgan fingerprint density at radius 2 is 1.63 bits per heavy atom. The molecule has 8 heteroatoms. The van der Waals surface area contributed by atoms with Crippen LogP contribution in [0.1, 0.15) is 22.8 Å². The van der Waals surface area contributed by atoms with E-state index in [9.17, 15) is 19.5 Å². The highest BCUT2D eigenvalue weighted by Gasteiger charge is 2.18. The van der Waals surface area contributed by atoms with Gasteiger partial charge in [0.1, 0.15) is 5.76 Å². The molecule has 0 bridgehead atoms. The summed E-state index contributed by atoms with van der Waals surface area (Å²) in [5, 5.41) is 24.7. The normalized spacial score (nSPS) is 10.8. The van der Waals surface area contributed by atoms with Gasteiger partial charge in [-0.3, -0.25) is 15.0 Å². The average Bonchev–Trinajstić information content (AvgIpc) is 2.62. The average molecular weight is 367 g/mol. The number of carbonyl (C=O) groups is 3. The zero-order chi connectivity index (χ0) is 20.0. The summed E-state index contributed by atoms with van der Waals surface area (Å²) in [6.07, 6.45) is 0. The monoisotopic (exact) mass is 367 g/mol. The summed E-state index contributed by atoms with van der Waals surface area (Å²) in [4.78, 5) is 35.3. The van der Waals surface area contributed by atoms with E-state index in [0.717, 1.165) is 0 Å². The van der Waals surface area contributed by atoms with E-state index in [4.69, 9.17) is 5.11 Å². The molecule has 0 aliphatic rings. The number of hydrazone groups is 1. The molecular formula is C19H17N3O5. The van der Waals surface area contributed by atoms with Crippen LogP contribution < -0.4 is 10.7 Å². The fourth-order valence-corrected chi connectivity index (χ4v) is 2.11. The molecule has 0 atom stereocenters. The summed E-state index contributed by atoms with van der Waals surface area (Å²) >= 11 is 0. The molecular weight excluding hydrogens is 350 g/mol. The van der Waals surface area contributed by atoms with Crippen LogP contribution in [0.15, 0.2) is 60.2 Å². The third-order valence-electron chi connectivity index (χ3n) is 3.47. The summed E-state index contributed by atoms with van der Waals surface area (Å²) in [5.41, 5.74) is 2.98. The molecule has 0 aliphatic carbocycles.